The summed E-state index contributed by atoms with van der Waals surface area (Å²) in [6, 6.07) is 4.58. The number of aromatic nitrogens is 1. The number of rotatable bonds is 4. The van der Waals surface area contributed by atoms with Crippen LogP contribution < -0.4 is 11.1 Å². The molecule has 0 saturated heterocycles. The number of hydrogen-bond acceptors (Lipinski definition) is 6. The highest BCUT2D eigenvalue weighted by molar-refractivity contribution is 7.90. The molecule has 0 unspecified atom stereocenters. The lowest BCUT2D eigenvalue weighted by Gasteiger charge is -2.08. The topological polar surface area (TPSA) is 98.2 Å². The van der Waals surface area contributed by atoms with Crippen LogP contribution in [-0.4, -0.2) is 19.7 Å². The van der Waals surface area contributed by atoms with Crippen LogP contribution in [0.15, 0.2) is 27.5 Å². The van der Waals surface area contributed by atoms with Crippen molar-refractivity contribution in [3.63, 3.8) is 0 Å². The standard InChI is InChI=1S/C13H17N3O3S/c1-8-9(2)19-13(16-8)7-15-12-5-4-10(6-11(12)14)20(3,17)18/h4-6,15H,7,14H2,1-3H3. The molecule has 2 rings (SSSR count). The molecule has 108 valence electrons. The van der Waals surface area contributed by atoms with Crippen LogP contribution in [0.2, 0.25) is 0 Å². The van der Waals surface area contributed by atoms with Gasteiger partial charge in [-0.1, -0.05) is 0 Å². The highest BCUT2D eigenvalue weighted by Gasteiger charge is 2.10. The van der Waals surface area contributed by atoms with Gasteiger partial charge in [0.15, 0.2) is 9.84 Å². The Balaban J connectivity index is 2.14. The molecule has 0 aliphatic carbocycles. The van der Waals surface area contributed by atoms with E-state index < -0.39 is 9.84 Å². The molecule has 20 heavy (non-hydrogen) atoms. The predicted molar refractivity (Wildman–Crippen MR) is 77.3 cm³/mol. The van der Waals surface area contributed by atoms with Gasteiger partial charge in [0.1, 0.15) is 5.76 Å². The first kappa shape index (κ1) is 14.4. The summed E-state index contributed by atoms with van der Waals surface area (Å²) in [6.07, 6.45) is 1.15. The minimum atomic E-state index is -3.25. The highest BCUT2D eigenvalue weighted by atomic mass is 32.2. The van der Waals surface area contributed by atoms with Crippen LogP contribution in [0.3, 0.4) is 0 Å². The summed E-state index contributed by atoms with van der Waals surface area (Å²) < 4.78 is 28.3. The normalized spacial score (nSPS) is 11.6. The van der Waals surface area contributed by atoms with Gasteiger partial charge < -0.3 is 15.5 Å². The molecule has 0 saturated carbocycles. The number of anilines is 2. The predicted octanol–water partition coefficient (Wildman–Crippen LogP) is 1.89. The Morgan fingerprint density at radius 3 is 2.55 bits per heavy atom. The third-order valence-corrected chi connectivity index (χ3v) is 4.06. The smallest absolute Gasteiger partial charge is 0.213 e. The van der Waals surface area contributed by atoms with Crippen LogP contribution in [-0.2, 0) is 16.4 Å². The maximum absolute atomic E-state index is 11.4. The van der Waals surface area contributed by atoms with Gasteiger partial charge in [0, 0.05) is 6.26 Å². The van der Waals surface area contributed by atoms with E-state index in [4.69, 9.17) is 10.2 Å². The molecule has 0 bridgehead atoms. The summed E-state index contributed by atoms with van der Waals surface area (Å²) in [5, 5.41) is 3.07. The number of sulfone groups is 1. The average molecular weight is 295 g/mol. The number of nitrogen functional groups attached to an aromatic ring is 1. The van der Waals surface area contributed by atoms with Crippen molar-refractivity contribution >= 4 is 21.2 Å². The van der Waals surface area contributed by atoms with Crippen LogP contribution in [0.5, 0.6) is 0 Å². The zero-order valence-electron chi connectivity index (χ0n) is 11.6. The number of aryl methyl sites for hydroxylation is 2. The fourth-order valence-electron chi connectivity index (χ4n) is 1.72. The third-order valence-electron chi connectivity index (χ3n) is 2.95. The monoisotopic (exact) mass is 295 g/mol. The Bertz CT molecular complexity index is 716. The van der Waals surface area contributed by atoms with Crippen molar-refractivity contribution in [2.45, 2.75) is 25.3 Å². The van der Waals surface area contributed by atoms with Crippen molar-refractivity contribution in [3.05, 3.63) is 35.5 Å². The molecule has 1 aromatic carbocycles. The molecule has 0 aliphatic heterocycles. The van der Waals surface area contributed by atoms with Gasteiger partial charge >= 0.3 is 0 Å². The van der Waals surface area contributed by atoms with Crippen LogP contribution in [0.4, 0.5) is 11.4 Å². The largest absolute Gasteiger partial charge is 0.444 e. The molecule has 6 nitrogen and oxygen atoms in total. The van der Waals surface area contributed by atoms with E-state index in [1.807, 2.05) is 13.8 Å². The van der Waals surface area contributed by atoms with Crippen molar-refractivity contribution in [2.24, 2.45) is 0 Å². The summed E-state index contributed by atoms with van der Waals surface area (Å²) in [6.45, 7) is 4.11. The number of nitrogens with zero attached hydrogens (tertiary/aromatic N) is 1. The van der Waals surface area contributed by atoms with E-state index in [0.29, 0.717) is 23.8 Å². The number of benzene rings is 1. The molecule has 1 heterocycles. The fourth-order valence-corrected chi connectivity index (χ4v) is 2.37. The minimum absolute atomic E-state index is 0.198. The Morgan fingerprint density at radius 1 is 1.35 bits per heavy atom. The highest BCUT2D eigenvalue weighted by Crippen LogP contribution is 2.23. The molecule has 1 aromatic heterocycles. The lowest BCUT2D eigenvalue weighted by Crippen LogP contribution is -2.05. The SMILES string of the molecule is Cc1nc(CNc2ccc(S(C)(=O)=O)cc2N)oc1C. The zero-order valence-corrected chi connectivity index (χ0v) is 12.4. The Hall–Kier alpha value is -2.02. The second-order valence-electron chi connectivity index (χ2n) is 4.62. The van der Waals surface area contributed by atoms with Crippen LogP contribution in [0.25, 0.3) is 0 Å². The molecule has 0 atom stereocenters. The molecule has 7 heteroatoms. The zero-order chi connectivity index (χ0) is 14.9. The third kappa shape index (κ3) is 3.11. The van der Waals surface area contributed by atoms with Crippen molar-refractivity contribution in [3.8, 4) is 0 Å². The van der Waals surface area contributed by atoms with E-state index in [1.165, 1.54) is 12.1 Å². The molecule has 0 radical (unpaired) electrons. The van der Waals surface area contributed by atoms with Gasteiger partial charge in [0.2, 0.25) is 5.89 Å². The number of hydrogen-bond donors (Lipinski definition) is 2. The van der Waals surface area contributed by atoms with Crippen molar-refractivity contribution in [1.82, 2.24) is 4.98 Å². The number of nitrogens with one attached hydrogen (secondary N) is 1. The maximum Gasteiger partial charge on any atom is 0.213 e. The number of oxazole rings is 1. The molecule has 0 fully saturated rings. The molecule has 0 spiro atoms. The van der Waals surface area contributed by atoms with Crippen molar-refractivity contribution < 1.29 is 12.8 Å². The van der Waals surface area contributed by atoms with Gasteiger partial charge in [0.05, 0.1) is 28.5 Å². The summed E-state index contributed by atoms with van der Waals surface area (Å²) in [5.74, 6) is 1.34. The van der Waals surface area contributed by atoms with Gasteiger partial charge in [-0.2, -0.15) is 0 Å². The van der Waals surface area contributed by atoms with Crippen LogP contribution in [0.1, 0.15) is 17.3 Å². The summed E-state index contributed by atoms with van der Waals surface area (Å²) in [5.41, 5.74) is 7.70. The molecule has 0 aliphatic rings. The first-order valence-electron chi connectivity index (χ1n) is 6.03. The van der Waals surface area contributed by atoms with Gasteiger partial charge in [-0.25, -0.2) is 13.4 Å². The Labute approximate surface area is 117 Å². The van der Waals surface area contributed by atoms with Crippen LogP contribution >= 0.6 is 0 Å². The van der Waals surface area contributed by atoms with E-state index in [-0.39, 0.29) is 4.90 Å². The average Bonchev–Trinajstić information content (AvgIpc) is 2.66. The van der Waals surface area contributed by atoms with Gasteiger partial charge in [-0.05, 0) is 32.0 Å². The lowest BCUT2D eigenvalue weighted by atomic mass is 10.2. The van der Waals surface area contributed by atoms with Crippen LogP contribution in [0, 0.1) is 13.8 Å². The van der Waals surface area contributed by atoms with Gasteiger partial charge in [0.25, 0.3) is 0 Å². The van der Waals surface area contributed by atoms with Crippen molar-refractivity contribution in [2.75, 3.05) is 17.3 Å². The molecule has 2 aromatic rings. The summed E-state index contributed by atoms with van der Waals surface area (Å²) in [4.78, 5) is 4.44. The summed E-state index contributed by atoms with van der Waals surface area (Å²) >= 11 is 0. The van der Waals surface area contributed by atoms with Gasteiger partial charge in [-0.3, -0.25) is 0 Å². The quantitative estimate of drug-likeness (QED) is 0.836. The summed E-state index contributed by atoms with van der Waals surface area (Å²) in [7, 11) is -3.25. The molecule has 0 amide bonds. The van der Waals surface area contributed by atoms with Crippen molar-refractivity contribution in [1.29, 1.82) is 0 Å². The molecule has 3 N–H and O–H groups in total. The second-order valence-corrected chi connectivity index (χ2v) is 6.64. The Kier molecular flexibility index (Phi) is 3.71. The lowest BCUT2D eigenvalue weighted by molar-refractivity contribution is 0.478. The molecular formula is C13H17N3O3S. The van der Waals surface area contributed by atoms with E-state index in [2.05, 4.69) is 10.3 Å². The fraction of sp³-hybridized carbons (Fsp3) is 0.308. The minimum Gasteiger partial charge on any atom is -0.444 e. The van der Waals surface area contributed by atoms with Gasteiger partial charge in [-0.15, -0.1) is 0 Å². The van der Waals surface area contributed by atoms with E-state index in [1.54, 1.807) is 6.07 Å². The molecular weight excluding hydrogens is 278 g/mol. The first-order valence-corrected chi connectivity index (χ1v) is 7.93. The van der Waals surface area contributed by atoms with E-state index in [9.17, 15) is 8.42 Å². The number of nitrogens with two attached hydrogens (primary N) is 1. The van der Waals surface area contributed by atoms with E-state index in [0.717, 1.165) is 17.7 Å². The Morgan fingerprint density at radius 2 is 2.05 bits per heavy atom. The van der Waals surface area contributed by atoms with E-state index >= 15 is 0 Å². The first-order chi connectivity index (χ1) is 9.27. The maximum atomic E-state index is 11.4. The second kappa shape index (κ2) is 5.16.